The van der Waals surface area contributed by atoms with E-state index in [4.69, 9.17) is 28.9 Å². The monoisotopic (exact) mass is 295 g/mol. The zero-order chi connectivity index (χ0) is 13.2. The molecule has 0 aliphatic carbocycles. The molecule has 1 aromatic carbocycles. The number of sulfone groups is 1. The van der Waals surface area contributed by atoms with Gasteiger partial charge in [0.1, 0.15) is 4.90 Å². The Hall–Kier alpha value is -0.290. The van der Waals surface area contributed by atoms with E-state index in [1.807, 2.05) is 13.8 Å². The van der Waals surface area contributed by atoms with E-state index in [1.54, 1.807) is 6.07 Å². The summed E-state index contributed by atoms with van der Waals surface area (Å²) in [7, 11) is -3.55. The second-order valence-electron chi connectivity index (χ2n) is 4.24. The number of hydrogen-bond acceptors (Lipinski definition) is 3. The Kier molecular flexibility index (Phi) is 4.84. The second kappa shape index (κ2) is 5.57. The lowest BCUT2D eigenvalue weighted by atomic mass is 10.1. The van der Waals surface area contributed by atoms with Gasteiger partial charge in [0.25, 0.3) is 0 Å². The molecule has 1 unspecified atom stereocenters. The van der Waals surface area contributed by atoms with Crippen molar-refractivity contribution < 1.29 is 8.42 Å². The fourth-order valence-corrected chi connectivity index (χ4v) is 4.20. The maximum Gasteiger partial charge on any atom is 0.182 e. The van der Waals surface area contributed by atoms with Crippen LogP contribution in [0.15, 0.2) is 23.1 Å². The molecular weight excluding hydrogens is 281 g/mol. The van der Waals surface area contributed by atoms with Gasteiger partial charge in [-0.05, 0) is 18.1 Å². The molecule has 1 atom stereocenters. The number of halogens is 2. The van der Waals surface area contributed by atoms with Crippen molar-refractivity contribution in [3.05, 3.63) is 28.2 Å². The Bertz CT molecular complexity index is 480. The highest BCUT2D eigenvalue weighted by atomic mass is 35.5. The molecule has 6 heteroatoms. The molecular formula is C11H15Cl2NO2S. The van der Waals surface area contributed by atoms with Crippen molar-refractivity contribution in [3.63, 3.8) is 0 Å². The first-order valence-corrected chi connectivity index (χ1v) is 7.59. The van der Waals surface area contributed by atoms with E-state index < -0.39 is 15.9 Å². The van der Waals surface area contributed by atoms with E-state index in [-0.39, 0.29) is 26.6 Å². The van der Waals surface area contributed by atoms with Crippen LogP contribution in [-0.4, -0.2) is 20.2 Å². The summed E-state index contributed by atoms with van der Waals surface area (Å²) < 4.78 is 24.3. The molecule has 0 fully saturated rings. The summed E-state index contributed by atoms with van der Waals surface area (Å²) in [6.45, 7) is 3.74. The van der Waals surface area contributed by atoms with Crippen LogP contribution in [0, 0.1) is 5.92 Å². The molecule has 0 aromatic heterocycles. The van der Waals surface area contributed by atoms with E-state index in [0.717, 1.165) is 0 Å². The minimum atomic E-state index is -3.55. The van der Waals surface area contributed by atoms with Crippen LogP contribution >= 0.6 is 23.2 Å². The van der Waals surface area contributed by atoms with Gasteiger partial charge in [0.05, 0.1) is 15.8 Å². The molecule has 0 aliphatic rings. The van der Waals surface area contributed by atoms with E-state index in [0.29, 0.717) is 0 Å². The molecule has 0 bridgehead atoms. The standard InChI is InChI=1S/C11H15Cl2NO2S/c1-7(2)10(14)6-17(15,16)11-8(12)4-3-5-9(11)13/h3-5,7,10H,6,14H2,1-2H3. The van der Waals surface area contributed by atoms with Gasteiger partial charge in [-0.15, -0.1) is 0 Å². The molecule has 96 valence electrons. The third-order valence-corrected chi connectivity index (χ3v) is 5.24. The zero-order valence-corrected chi connectivity index (χ0v) is 12.0. The molecule has 0 spiro atoms. The van der Waals surface area contributed by atoms with Gasteiger partial charge in [-0.2, -0.15) is 0 Å². The van der Waals surface area contributed by atoms with Crippen LogP contribution in [-0.2, 0) is 9.84 Å². The van der Waals surface area contributed by atoms with Gasteiger partial charge >= 0.3 is 0 Å². The minimum Gasteiger partial charge on any atom is -0.327 e. The van der Waals surface area contributed by atoms with Crippen LogP contribution in [0.2, 0.25) is 10.0 Å². The van der Waals surface area contributed by atoms with Gasteiger partial charge in [-0.1, -0.05) is 43.1 Å². The summed E-state index contributed by atoms with van der Waals surface area (Å²) >= 11 is 11.7. The molecule has 0 aliphatic heterocycles. The smallest absolute Gasteiger partial charge is 0.182 e. The average molecular weight is 296 g/mol. The molecule has 17 heavy (non-hydrogen) atoms. The third-order valence-electron chi connectivity index (χ3n) is 2.50. The lowest BCUT2D eigenvalue weighted by molar-refractivity contribution is 0.516. The lowest BCUT2D eigenvalue weighted by Crippen LogP contribution is -2.34. The molecule has 0 radical (unpaired) electrons. The van der Waals surface area contributed by atoms with Gasteiger partial charge in [0.15, 0.2) is 9.84 Å². The molecule has 0 saturated carbocycles. The van der Waals surface area contributed by atoms with Crippen LogP contribution in [0.4, 0.5) is 0 Å². The van der Waals surface area contributed by atoms with Crippen LogP contribution < -0.4 is 5.73 Å². The molecule has 3 nitrogen and oxygen atoms in total. The van der Waals surface area contributed by atoms with Crippen LogP contribution in [0.5, 0.6) is 0 Å². The van der Waals surface area contributed by atoms with Crippen LogP contribution in [0.25, 0.3) is 0 Å². The quantitative estimate of drug-likeness (QED) is 0.929. The van der Waals surface area contributed by atoms with Gasteiger partial charge in [-0.3, -0.25) is 0 Å². The van der Waals surface area contributed by atoms with Gasteiger partial charge in [-0.25, -0.2) is 8.42 Å². The fraction of sp³-hybridized carbons (Fsp3) is 0.455. The number of benzene rings is 1. The van der Waals surface area contributed by atoms with Crippen molar-refractivity contribution in [3.8, 4) is 0 Å². The predicted molar refractivity (Wildman–Crippen MR) is 71.3 cm³/mol. The maximum atomic E-state index is 12.1. The third kappa shape index (κ3) is 3.58. The van der Waals surface area contributed by atoms with Gasteiger partial charge < -0.3 is 5.73 Å². The zero-order valence-electron chi connectivity index (χ0n) is 9.65. The molecule has 0 saturated heterocycles. The largest absolute Gasteiger partial charge is 0.327 e. The summed E-state index contributed by atoms with van der Waals surface area (Å²) in [5.41, 5.74) is 5.77. The maximum absolute atomic E-state index is 12.1. The summed E-state index contributed by atoms with van der Waals surface area (Å²) in [6.07, 6.45) is 0. The Morgan fingerprint density at radius 1 is 1.24 bits per heavy atom. The minimum absolute atomic E-state index is 0.0283. The Morgan fingerprint density at radius 2 is 1.71 bits per heavy atom. The lowest BCUT2D eigenvalue weighted by Gasteiger charge is -2.16. The Labute approximate surface area is 112 Å². The number of hydrogen-bond donors (Lipinski definition) is 1. The van der Waals surface area contributed by atoms with Crippen LogP contribution in [0.3, 0.4) is 0 Å². The number of rotatable bonds is 4. The summed E-state index contributed by atoms with van der Waals surface area (Å²) in [4.78, 5) is -0.0283. The van der Waals surface area contributed by atoms with E-state index in [9.17, 15) is 8.42 Å². The van der Waals surface area contributed by atoms with Crippen molar-refractivity contribution in [2.24, 2.45) is 11.7 Å². The SMILES string of the molecule is CC(C)C(N)CS(=O)(=O)c1c(Cl)cccc1Cl. The predicted octanol–water partition coefficient (Wildman–Crippen LogP) is 2.75. The van der Waals surface area contributed by atoms with Gasteiger partial charge in [0.2, 0.25) is 0 Å². The second-order valence-corrected chi connectivity index (χ2v) is 7.03. The van der Waals surface area contributed by atoms with Crippen molar-refractivity contribution in [1.82, 2.24) is 0 Å². The summed E-state index contributed by atoms with van der Waals surface area (Å²) in [5, 5.41) is 0.266. The van der Waals surface area contributed by atoms with Gasteiger partial charge in [0, 0.05) is 6.04 Å². The topological polar surface area (TPSA) is 60.2 Å². The average Bonchev–Trinajstić information content (AvgIpc) is 2.15. The molecule has 2 N–H and O–H groups in total. The highest BCUT2D eigenvalue weighted by molar-refractivity contribution is 7.91. The Morgan fingerprint density at radius 3 is 2.12 bits per heavy atom. The first kappa shape index (κ1) is 14.8. The van der Waals surface area contributed by atoms with Crippen molar-refractivity contribution in [2.45, 2.75) is 24.8 Å². The highest BCUT2D eigenvalue weighted by Gasteiger charge is 2.25. The van der Waals surface area contributed by atoms with Crippen LogP contribution in [0.1, 0.15) is 13.8 Å². The van der Waals surface area contributed by atoms with Crippen molar-refractivity contribution in [2.75, 3.05) is 5.75 Å². The molecule has 1 aromatic rings. The molecule has 0 heterocycles. The van der Waals surface area contributed by atoms with Crippen molar-refractivity contribution >= 4 is 33.0 Å². The Balaban J connectivity index is 3.14. The summed E-state index contributed by atoms with van der Waals surface area (Å²) in [5.74, 6) is -0.0836. The molecule has 0 amide bonds. The van der Waals surface area contributed by atoms with E-state index in [1.165, 1.54) is 12.1 Å². The first-order chi connectivity index (χ1) is 7.75. The highest BCUT2D eigenvalue weighted by Crippen LogP contribution is 2.30. The van der Waals surface area contributed by atoms with E-state index in [2.05, 4.69) is 0 Å². The fourth-order valence-electron chi connectivity index (χ4n) is 1.31. The van der Waals surface area contributed by atoms with Crippen molar-refractivity contribution in [1.29, 1.82) is 0 Å². The first-order valence-electron chi connectivity index (χ1n) is 5.18. The number of nitrogens with two attached hydrogens (primary N) is 1. The molecule has 1 rings (SSSR count). The van der Waals surface area contributed by atoms with E-state index >= 15 is 0 Å². The summed E-state index contributed by atoms with van der Waals surface area (Å²) in [6, 6.07) is 4.17. The normalized spacial score (nSPS) is 14.0.